The van der Waals surface area contributed by atoms with Crippen molar-refractivity contribution in [3.63, 3.8) is 0 Å². The normalized spacial score (nSPS) is 11.3. The Morgan fingerprint density at radius 2 is 2.09 bits per heavy atom. The molecule has 0 atom stereocenters. The van der Waals surface area contributed by atoms with E-state index in [9.17, 15) is 9.18 Å². The molecule has 0 aliphatic heterocycles. The van der Waals surface area contributed by atoms with Gasteiger partial charge in [0.15, 0.2) is 5.78 Å². The molecule has 5 heteroatoms. The SMILES string of the molecule is Cc1ccc(C(=O)c2cn(C(C)C)c3ncncc23)cc1F. The van der Waals surface area contributed by atoms with Crippen LogP contribution in [0.4, 0.5) is 4.39 Å². The zero-order valence-corrected chi connectivity index (χ0v) is 12.7. The van der Waals surface area contributed by atoms with Crippen molar-refractivity contribution in [3.8, 4) is 0 Å². The van der Waals surface area contributed by atoms with Crippen molar-refractivity contribution in [2.24, 2.45) is 0 Å². The van der Waals surface area contributed by atoms with E-state index in [0.717, 1.165) is 0 Å². The Balaban J connectivity index is 2.17. The van der Waals surface area contributed by atoms with E-state index in [-0.39, 0.29) is 17.6 Å². The highest BCUT2D eigenvalue weighted by Gasteiger charge is 2.19. The van der Waals surface area contributed by atoms with Crippen molar-refractivity contribution in [1.82, 2.24) is 14.5 Å². The Morgan fingerprint density at radius 3 is 2.77 bits per heavy atom. The highest BCUT2D eigenvalue weighted by atomic mass is 19.1. The first-order valence-corrected chi connectivity index (χ1v) is 7.10. The van der Waals surface area contributed by atoms with E-state index >= 15 is 0 Å². The molecule has 0 amide bonds. The van der Waals surface area contributed by atoms with Crippen molar-refractivity contribution in [2.45, 2.75) is 26.8 Å². The van der Waals surface area contributed by atoms with Crippen LogP contribution in [0.3, 0.4) is 0 Å². The van der Waals surface area contributed by atoms with Crippen LogP contribution in [0.2, 0.25) is 0 Å². The van der Waals surface area contributed by atoms with E-state index in [2.05, 4.69) is 9.97 Å². The quantitative estimate of drug-likeness (QED) is 0.693. The second-order valence-electron chi connectivity index (χ2n) is 5.60. The Labute approximate surface area is 127 Å². The van der Waals surface area contributed by atoms with Gasteiger partial charge < -0.3 is 4.57 Å². The first-order chi connectivity index (χ1) is 10.5. The molecule has 22 heavy (non-hydrogen) atoms. The third kappa shape index (κ3) is 2.28. The van der Waals surface area contributed by atoms with Gasteiger partial charge in [0, 0.05) is 29.4 Å². The van der Waals surface area contributed by atoms with E-state index in [1.165, 1.54) is 12.4 Å². The largest absolute Gasteiger partial charge is 0.329 e. The molecule has 3 aromatic rings. The smallest absolute Gasteiger partial charge is 0.195 e. The first kappa shape index (κ1) is 14.4. The number of benzene rings is 1. The highest BCUT2D eigenvalue weighted by Crippen LogP contribution is 2.25. The predicted octanol–water partition coefficient (Wildman–Crippen LogP) is 3.69. The van der Waals surface area contributed by atoms with Crippen LogP contribution in [0.1, 0.15) is 41.4 Å². The molecule has 0 saturated carbocycles. The average Bonchev–Trinajstić information content (AvgIpc) is 2.89. The van der Waals surface area contributed by atoms with Gasteiger partial charge >= 0.3 is 0 Å². The second-order valence-corrected chi connectivity index (χ2v) is 5.60. The fraction of sp³-hybridized carbons (Fsp3) is 0.235. The van der Waals surface area contributed by atoms with Gasteiger partial charge in [-0.15, -0.1) is 0 Å². The summed E-state index contributed by atoms with van der Waals surface area (Å²) in [6.07, 6.45) is 4.85. The minimum Gasteiger partial charge on any atom is -0.329 e. The van der Waals surface area contributed by atoms with Crippen molar-refractivity contribution in [1.29, 1.82) is 0 Å². The predicted molar refractivity (Wildman–Crippen MR) is 82.5 cm³/mol. The Kier molecular flexibility index (Phi) is 3.48. The summed E-state index contributed by atoms with van der Waals surface area (Å²) in [5, 5.41) is 0.683. The van der Waals surface area contributed by atoms with Gasteiger partial charge in [-0.25, -0.2) is 14.4 Å². The number of halogens is 1. The lowest BCUT2D eigenvalue weighted by Gasteiger charge is -2.07. The Hall–Kier alpha value is -2.56. The zero-order chi connectivity index (χ0) is 15.9. The molecule has 0 aliphatic carbocycles. The van der Waals surface area contributed by atoms with E-state index in [0.29, 0.717) is 27.7 Å². The molecular formula is C17H16FN3O. The summed E-state index contributed by atoms with van der Waals surface area (Å²) in [7, 11) is 0. The van der Waals surface area contributed by atoms with Crippen molar-refractivity contribution >= 4 is 16.8 Å². The number of carbonyl (C=O) groups excluding carboxylic acids is 1. The third-order valence-corrected chi connectivity index (χ3v) is 3.73. The Bertz CT molecular complexity index is 867. The molecule has 0 fully saturated rings. The fourth-order valence-electron chi connectivity index (χ4n) is 2.45. The molecule has 112 valence electrons. The van der Waals surface area contributed by atoms with Crippen LogP contribution in [0, 0.1) is 12.7 Å². The molecule has 0 spiro atoms. The maximum absolute atomic E-state index is 13.7. The standard InChI is InChI=1S/C17H16FN3O/c1-10(2)21-8-14(13-7-19-9-20-17(13)21)16(22)12-5-4-11(3)15(18)6-12/h4-10H,1-3H3. The molecule has 0 saturated heterocycles. The maximum atomic E-state index is 13.7. The number of fused-ring (bicyclic) bond motifs is 1. The third-order valence-electron chi connectivity index (χ3n) is 3.73. The van der Waals surface area contributed by atoms with Gasteiger partial charge in [0.1, 0.15) is 17.8 Å². The summed E-state index contributed by atoms with van der Waals surface area (Å²) >= 11 is 0. The molecule has 0 unspecified atom stereocenters. The van der Waals surface area contributed by atoms with Gasteiger partial charge in [-0.05, 0) is 32.4 Å². The van der Waals surface area contributed by atoms with Crippen LogP contribution in [0.5, 0.6) is 0 Å². The molecule has 2 aromatic heterocycles. The van der Waals surface area contributed by atoms with E-state index in [1.54, 1.807) is 31.5 Å². The van der Waals surface area contributed by atoms with E-state index < -0.39 is 0 Å². The van der Waals surface area contributed by atoms with Crippen molar-refractivity contribution < 1.29 is 9.18 Å². The number of carbonyl (C=O) groups is 1. The van der Waals surface area contributed by atoms with Gasteiger partial charge in [0.2, 0.25) is 0 Å². The molecule has 1 aromatic carbocycles. The number of nitrogens with zero attached hydrogens (tertiary/aromatic N) is 3. The Morgan fingerprint density at radius 1 is 1.32 bits per heavy atom. The monoisotopic (exact) mass is 297 g/mol. The van der Waals surface area contributed by atoms with Gasteiger partial charge in [0.25, 0.3) is 0 Å². The lowest BCUT2D eigenvalue weighted by molar-refractivity contribution is 0.103. The minimum absolute atomic E-state index is 0.161. The lowest BCUT2D eigenvalue weighted by atomic mass is 10.0. The summed E-state index contributed by atoms with van der Waals surface area (Å²) in [6.45, 7) is 5.70. The summed E-state index contributed by atoms with van der Waals surface area (Å²) in [4.78, 5) is 21.0. The summed E-state index contributed by atoms with van der Waals surface area (Å²) in [5.74, 6) is -0.604. The molecular weight excluding hydrogens is 281 g/mol. The lowest BCUT2D eigenvalue weighted by Crippen LogP contribution is -2.02. The molecule has 0 aliphatic rings. The number of aryl methyl sites for hydroxylation is 1. The first-order valence-electron chi connectivity index (χ1n) is 7.10. The van der Waals surface area contributed by atoms with Crippen LogP contribution < -0.4 is 0 Å². The number of ketones is 1. The molecule has 3 rings (SSSR count). The van der Waals surface area contributed by atoms with E-state index in [1.807, 2.05) is 18.4 Å². The number of hydrogen-bond acceptors (Lipinski definition) is 3. The summed E-state index contributed by atoms with van der Waals surface area (Å²) in [6, 6.07) is 4.69. The van der Waals surface area contributed by atoms with Crippen LogP contribution in [0.25, 0.3) is 11.0 Å². The maximum Gasteiger partial charge on any atom is 0.195 e. The van der Waals surface area contributed by atoms with Crippen LogP contribution in [0.15, 0.2) is 36.9 Å². The summed E-state index contributed by atoms with van der Waals surface area (Å²) in [5.41, 5.74) is 2.05. The zero-order valence-electron chi connectivity index (χ0n) is 12.7. The number of hydrogen-bond donors (Lipinski definition) is 0. The van der Waals surface area contributed by atoms with Gasteiger partial charge in [-0.3, -0.25) is 4.79 Å². The van der Waals surface area contributed by atoms with Crippen molar-refractivity contribution in [2.75, 3.05) is 0 Å². The molecule has 2 heterocycles. The van der Waals surface area contributed by atoms with E-state index in [4.69, 9.17) is 0 Å². The van der Waals surface area contributed by atoms with Gasteiger partial charge in [-0.1, -0.05) is 12.1 Å². The summed E-state index contributed by atoms with van der Waals surface area (Å²) < 4.78 is 15.6. The van der Waals surface area contributed by atoms with Gasteiger partial charge in [-0.2, -0.15) is 0 Å². The molecule has 4 nitrogen and oxygen atoms in total. The van der Waals surface area contributed by atoms with Crippen LogP contribution >= 0.6 is 0 Å². The molecule has 0 radical (unpaired) electrons. The average molecular weight is 297 g/mol. The number of aromatic nitrogens is 3. The fourth-order valence-corrected chi connectivity index (χ4v) is 2.45. The number of rotatable bonds is 3. The molecule has 0 N–H and O–H groups in total. The molecule has 0 bridgehead atoms. The topological polar surface area (TPSA) is 47.8 Å². The van der Waals surface area contributed by atoms with Gasteiger partial charge in [0.05, 0.1) is 5.56 Å². The second kappa shape index (κ2) is 5.33. The van der Waals surface area contributed by atoms with Crippen LogP contribution in [-0.4, -0.2) is 20.3 Å². The highest BCUT2D eigenvalue weighted by molar-refractivity contribution is 6.15. The van der Waals surface area contributed by atoms with Crippen molar-refractivity contribution in [3.05, 3.63) is 59.4 Å². The minimum atomic E-state index is -0.380. The van der Waals surface area contributed by atoms with Crippen LogP contribution in [-0.2, 0) is 0 Å².